The number of nitrogens with zero attached hydrogens (tertiary/aromatic N) is 5. The van der Waals surface area contributed by atoms with Crippen molar-refractivity contribution in [1.29, 1.82) is 0 Å². The third-order valence-corrected chi connectivity index (χ3v) is 6.05. The molecule has 3 amide bonds. The van der Waals surface area contributed by atoms with Crippen molar-refractivity contribution >= 4 is 34.3 Å². The van der Waals surface area contributed by atoms with E-state index >= 15 is 0 Å². The molecule has 2 fully saturated rings. The zero-order valence-corrected chi connectivity index (χ0v) is 17.0. The molecule has 0 aromatic carbocycles. The van der Waals surface area contributed by atoms with Crippen LogP contribution in [0.2, 0.25) is 0 Å². The maximum atomic E-state index is 12.7. The average Bonchev–Trinajstić information content (AvgIpc) is 3.23. The lowest BCUT2D eigenvalue weighted by Gasteiger charge is -2.35. The molecule has 2 aliphatic rings. The van der Waals surface area contributed by atoms with Crippen molar-refractivity contribution in [2.75, 3.05) is 36.4 Å². The smallest absolute Gasteiger partial charge is 0.322 e. The van der Waals surface area contributed by atoms with Gasteiger partial charge in [0, 0.05) is 50.0 Å². The minimum Gasteiger partial charge on any atom is -0.353 e. The Kier molecular flexibility index (Phi) is 6.18. The second kappa shape index (κ2) is 9.17. The van der Waals surface area contributed by atoms with Gasteiger partial charge in [0.05, 0.1) is 0 Å². The van der Waals surface area contributed by atoms with E-state index < -0.39 is 0 Å². The molecule has 2 aromatic heterocycles. The van der Waals surface area contributed by atoms with E-state index in [9.17, 15) is 9.59 Å². The van der Waals surface area contributed by atoms with Crippen LogP contribution >= 0.6 is 11.5 Å². The summed E-state index contributed by atoms with van der Waals surface area (Å²) in [5, 5.41) is 10.2. The number of amides is 3. The molecule has 29 heavy (non-hydrogen) atoms. The molecule has 3 heterocycles. The molecular formula is C19H25N7O2S. The van der Waals surface area contributed by atoms with E-state index in [0.29, 0.717) is 31.2 Å². The summed E-state index contributed by atoms with van der Waals surface area (Å²) in [6.45, 7) is 2.58. The summed E-state index contributed by atoms with van der Waals surface area (Å²) < 4.78 is 3.87. The molecule has 1 aliphatic heterocycles. The van der Waals surface area contributed by atoms with Gasteiger partial charge in [-0.05, 0) is 25.0 Å². The van der Waals surface area contributed by atoms with Gasteiger partial charge in [-0.2, -0.15) is 0 Å². The molecule has 1 aliphatic carbocycles. The predicted octanol–water partition coefficient (Wildman–Crippen LogP) is 2.35. The standard InChI is InChI=1S/C19H25N7O2S/c27-17(21-14-6-2-1-3-7-14)16-18(29-24-23-16)22-19(28)26-12-10-25(11-13-26)15-8-4-5-9-20-15/h4-5,8-9,14H,1-3,6-7,10-13H2,(H,21,27)(H,22,28). The number of hydrogen-bond donors (Lipinski definition) is 2. The maximum Gasteiger partial charge on any atom is 0.322 e. The Bertz CT molecular complexity index is 830. The van der Waals surface area contributed by atoms with Gasteiger partial charge in [0.25, 0.3) is 5.91 Å². The van der Waals surface area contributed by atoms with E-state index in [1.165, 1.54) is 6.42 Å². The van der Waals surface area contributed by atoms with Crippen LogP contribution in [-0.2, 0) is 0 Å². The second-order valence-electron chi connectivity index (χ2n) is 7.35. The van der Waals surface area contributed by atoms with Crippen molar-refractivity contribution in [3.63, 3.8) is 0 Å². The van der Waals surface area contributed by atoms with Crippen molar-refractivity contribution in [2.45, 2.75) is 38.1 Å². The van der Waals surface area contributed by atoms with Crippen molar-refractivity contribution in [3.8, 4) is 0 Å². The van der Waals surface area contributed by atoms with E-state index in [2.05, 4.69) is 30.1 Å². The van der Waals surface area contributed by atoms with Gasteiger partial charge in [-0.1, -0.05) is 29.8 Å². The number of pyridine rings is 1. The Balaban J connectivity index is 1.31. The van der Waals surface area contributed by atoms with Crippen LogP contribution in [0.15, 0.2) is 24.4 Å². The highest BCUT2D eigenvalue weighted by Gasteiger charge is 2.26. The van der Waals surface area contributed by atoms with Gasteiger partial charge in [0.15, 0.2) is 10.7 Å². The number of piperazine rings is 1. The highest BCUT2D eigenvalue weighted by Crippen LogP contribution is 2.22. The summed E-state index contributed by atoms with van der Waals surface area (Å²) in [5.74, 6) is 0.654. The Morgan fingerprint density at radius 3 is 2.59 bits per heavy atom. The molecule has 0 bridgehead atoms. The molecular weight excluding hydrogens is 390 g/mol. The molecule has 9 nitrogen and oxygen atoms in total. The van der Waals surface area contributed by atoms with Crippen LogP contribution in [-0.4, -0.2) is 63.6 Å². The molecule has 2 N–H and O–H groups in total. The van der Waals surface area contributed by atoms with Crippen molar-refractivity contribution in [3.05, 3.63) is 30.1 Å². The van der Waals surface area contributed by atoms with Gasteiger partial charge >= 0.3 is 6.03 Å². The SMILES string of the molecule is O=C(NC1CCCCC1)c1nnsc1NC(=O)N1CCN(c2ccccn2)CC1. The van der Waals surface area contributed by atoms with E-state index in [1.54, 1.807) is 11.1 Å². The van der Waals surface area contributed by atoms with Gasteiger partial charge in [-0.25, -0.2) is 9.78 Å². The molecule has 0 spiro atoms. The Morgan fingerprint density at radius 2 is 1.86 bits per heavy atom. The van der Waals surface area contributed by atoms with E-state index in [4.69, 9.17) is 0 Å². The number of carbonyl (C=O) groups is 2. The molecule has 2 aromatic rings. The lowest BCUT2D eigenvalue weighted by Crippen LogP contribution is -2.50. The lowest BCUT2D eigenvalue weighted by molar-refractivity contribution is 0.0923. The van der Waals surface area contributed by atoms with Gasteiger partial charge in [-0.15, -0.1) is 5.10 Å². The summed E-state index contributed by atoms with van der Waals surface area (Å²) in [6.07, 6.45) is 7.24. The topological polar surface area (TPSA) is 103 Å². The van der Waals surface area contributed by atoms with Gasteiger partial charge in [0.1, 0.15) is 5.82 Å². The molecule has 10 heteroatoms. The normalized spacial score (nSPS) is 17.8. The van der Waals surface area contributed by atoms with Crippen LogP contribution in [0.25, 0.3) is 0 Å². The zero-order chi connectivity index (χ0) is 20.1. The minimum absolute atomic E-state index is 0.182. The highest BCUT2D eigenvalue weighted by atomic mass is 32.1. The molecule has 0 radical (unpaired) electrons. The first-order valence-corrected chi connectivity index (χ1v) is 10.8. The third-order valence-electron chi connectivity index (χ3n) is 5.40. The summed E-state index contributed by atoms with van der Waals surface area (Å²) in [7, 11) is 0. The molecule has 154 valence electrons. The average molecular weight is 416 g/mol. The lowest BCUT2D eigenvalue weighted by atomic mass is 9.95. The first-order valence-electron chi connectivity index (χ1n) is 10.1. The van der Waals surface area contributed by atoms with Crippen LogP contribution in [0.4, 0.5) is 15.6 Å². The van der Waals surface area contributed by atoms with E-state index in [1.807, 2.05) is 18.2 Å². The molecule has 4 rings (SSSR count). The highest BCUT2D eigenvalue weighted by molar-refractivity contribution is 7.10. The number of aromatic nitrogens is 3. The molecule has 1 saturated carbocycles. The van der Waals surface area contributed by atoms with Gasteiger partial charge in [-0.3, -0.25) is 10.1 Å². The van der Waals surface area contributed by atoms with E-state index in [0.717, 1.165) is 43.0 Å². The number of nitrogens with one attached hydrogen (secondary N) is 2. The Morgan fingerprint density at radius 1 is 1.07 bits per heavy atom. The predicted molar refractivity (Wildman–Crippen MR) is 111 cm³/mol. The number of carbonyl (C=O) groups excluding carboxylic acids is 2. The third kappa shape index (κ3) is 4.81. The van der Waals surface area contributed by atoms with Gasteiger partial charge in [0.2, 0.25) is 0 Å². The fourth-order valence-electron chi connectivity index (χ4n) is 3.78. The number of urea groups is 1. The first-order chi connectivity index (χ1) is 14.2. The first kappa shape index (κ1) is 19.6. The number of rotatable bonds is 4. The fraction of sp³-hybridized carbons (Fsp3) is 0.526. The zero-order valence-electron chi connectivity index (χ0n) is 16.2. The molecule has 0 atom stereocenters. The van der Waals surface area contributed by atoms with Crippen molar-refractivity contribution in [1.82, 2.24) is 24.8 Å². The van der Waals surface area contributed by atoms with Crippen LogP contribution < -0.4 is 15.5 Å². The maximum absolute atomic E-state index is 12.7. The fourth-order valence-corrected chi connectivity index (χ4v) is 4.33. The number of anilines is 2. The summed E-state index contributed by atoms with van der Waals surface area (Å²) >= 11 is 1.03. The van der Waals surface area contributed by atoms with Gasteiger partial charge < -0.3 is 15.1 Å². The quantitative estimate of drug-likeness (QED) is 0.795. The van der Waals surface area contributed by atoms with Crippen LogP contribution in [0.5, 0.6) is 0 Å². The Labute approximate surface area is 173 Å². The molecule has 1 saturated heterocycles. The monoisotopic (exact) mass is 415 g/mol. The van der Waals surface area contributed by atoms with Crippen LogP contribution in [0.3, 0.4) is 0 Å². The summed E-state index contributed by atoms with van der Waals surface area (Å²) in [6, 6.07) is 5.76. The van der Waals surface area contributed by atoms with Crippen molar-refractivity contribution in [2.24, 2.45) is 0 Å². The second-order valence-corrected chi connectivity index (χ2v) is 8.11. The molecule has 0 unspecified atom stereocenters. The number of hydrogen-bond acceptors (Lipinski definition) is 7. The van der Waals surface area contributed by atoms with Crippen LogP contribution in [0.1, 0.15) is 42.6 Å². The van der Waals surface area contributed by atoms with E-state index in [-0.39, 0.29) is 23.7 Å². The summed E-state index contributed by atoms with van der Waals surface area (Å²) in [5.41, 5.74) is 0.195. The van der Waals surface area contributed by atoms with Crippen LogP contribution in [0, 0.1) is 0 Å². The largest absolute Gasteiger partial charge is 0.353 e. The van der Waals surface area contributed by atoms with Crippen molar-refractivity contribution < 1.29 is 9.59 Å². The summed E-state index contributed by atoms with van der Waals surface area (Å²) in [4.78, 5) is 33.5. The minimum atomic E-state index is -0.263. The Hall–Kier alpha value is -2.75.